The first-order valence-electron chi connectivity index (χ1n) is 6.21. The lowest BCUT2D eigenvalue weighted by Crippen LogP contribution is -2.01. The predicted molar refractivity (Wildman–Crippen MR) is 76.7 cm³/mol. The molecule has 0 atom stereocenters. The molecule has 0 radical (unpaired) electrons. The summed E-state index contributed by atoms with van der Waals surface area (Å²) in [6.07, 6.45) is 2.97. The molecule has 0 amide bonds. The molecule has 0 fully saturated rings. The van der Waals surface area contributed by atoms with Crippen LogP contribution in [0.15, 0.2) is 24.5 Å². The topological polar surface area (TPSA) is 61.0 Å². The molecule has 0 spiro atoms. The molecule has 0 aliphatic rings. The van der Waals surface area contributed by atoms with Crippen LogP contribution in [-0.2, 0) is 12.8 Å². The van der Waals surface area contributed by atoms with Gasteiger partial charge in [0.1, 0.15) is 17.9 Å². The maximum absolute atomic E-state index is 6.08. The van der Waals surface area contributed by atoms with Gasteiger partial charge in [0.05, 0.1) is 5.56 Å². The lowest BCUT2D eigenvalue weighted by atomic mass is 10.1. The molecule has 2 aromatic rings. The largest absolute Gasteiger partial charge is 0.439 e. The van der Waals surface area contributed by atoms with Crippen molar-refractivity contribution in [1.82, 2.24) is 9.97 Å². The number of aryl methyl sites for hydroxylation is 1. The Morgan fingerprint density at radius 3 is 2.68 bits per heavy atom. The highest BCUT2D eigenvalue weighted by molar-refractivity contribution is 6.31. The number of nitrogen functional groups attached to an aromatic ring is 1. The summed E-state index contributed by atoms with van der Waals surface area (Å²) in [5.41, 5.74) is 7.67. The fourth-order valence-corrected chi connectivity index (χ4v) is 2.08. The molecule has 1 heterocycles. The van der Waals surface area contributed by atoms with Crippen molar-refractivity contribution in [2.24, 2.45) is 0 Å². The second-order valence-corrected chi connectivity index (χ2v) is 4.51. The van der Waals surface area contributed by atoms with Crippen molar-refractivity contribution in [3.63, 3.8) is 0 Å². The smallest absolute Gasteiger partial charge is 0.227 e. The monoisotopic (exact) mass is 277 g/mol. The number of anilines is 1. The molecule has 5 heteroatoms. The normalized spacial score (nSPS) is 10.5. The average Bonchev–Trinajstić information content (AvgIpc) is 2.41. The van der Waals surface area contributed by atoms with Crippen molar-refractivity contribution >= 4 is 17.4 Å². The van der Waals surface area contributed by atoms with Crippen molar-refractivity contribution in [3.8, 4) is 11.6 Å². The van der Waals surface area contributed by atoms with Crippen LogP contribution in [0.3, 0.4) is 0 Å². The Morgan fingerprint density at radius 1 is 1.21 bits per heavy atom. The summed E-state index contributed by atoms with van der Waals surface area (Å²) in [5.74, 6) is 1.66. The summed E-state index contributed by atoms with van der Waals surface area (Å²) in [6.45, 7) is 4.03. The minimum atomic E-state index is 0.456. The molecule has 0 saturated carbocycles. The van der Waals surface area contributed by atoms with Crippen LogP contribution in [0, 0.1) is 0 Å². The third-order valence-corrected chi connectivity index (χ3v) is 3.27. The molecule has 0 bridgehead atoms. The number of benzene rings is 1. The molecule has 19 heavy (non-hydrogen) atoms. The lowest BCUT2D eigenvalue weighted by molar-refractivity contribution is 0.455. The third kappa shape index (κ3) is 2.96. The van der Waals surface area contributed by atoms with Crippen LogP contribution in [0.1, 0.15) is 25.0 Å². The maximum Gasteiger partial charge on any atom is 0.227 e. The summed E-state index contributed by atoms with van der Waals surface area (Å²) in [5, 5.41) is 0.743. The Balaban J connectivity index is 2.33. The first kappa shape index (κ1) is 13.6. The van der Waals surface area contributed by atoms with E-state index in [1.54, 1.807) is 0 Å². The summed E-state index contributed by atoms with van der Waals surface area (Å²) in [4.78, 5) is 8.10. The fraction of sp³-hybridized carbons (Fsp3) is 0.286. The SMILES string of the molecule is CCc1cc(Oc2ncnc(N)c2CC)ccc1Cl. The summed E-state index contributed by atoms with van der Waals surface area (Å²) in [7, 11) is 0. The molecule has 0 aliphatic carbocycles. The minimum Gasteiger partial charge on any atom is -0.439 e. The van der Waals surface area contributed by atoms with Gasteiger partial charge in [0.2, 0.25) is 5.88 Å². The van der Waals surface area contributed by atoms with Crippen LogP contribution >= 0.6 is 11.6 Å². The van der Waals surface area contributed by atoms with Gasteiger partial charge in [-0.2, -0.15) is 0 Å². The average molecular weight is 278 g/mol. The number of hydrogen-bond acceptors (Lipinski definition) is 4. The molecule has 0 aliphatic heterocycles. The zero-order valence-electron chi connectivity index (χ0n) is 11.0. The van der Waals surface area contributed by atoms with Gasteiger partial charge < -0.3 is 10.5 Å². The number of nitrogens with zero attached hydrogens (tertiary/aromatic N) is 2. The van der Waals surface area contributed by atoms with Crippen LogP contribution in [0.4, 0.5) is 5.82 Å². The Morgan fingerprint density at radius 2 is 2.00 bits per heavy atom. The molecule has 1 aromatic heterocycles. The molecule has 4 nitrogen and oxygen atoms in total. The van der Waals surface area contributed by atoms with Gasteiger partial charge in [0.25, 0.3) is 0 Å². The number of halogens is 1. The molecular weight excluding hydrogens is 262 g/mol. The van der Waals surface area contributed by atoms with E-state index in [4.69, 9.17) is 22.1 Å². The van der Waals surface area contributed by atoms with Crippen molar-refractivity contribution in [2.75, 3.05) is 5.73 Å². The number of ether oxygens (including phenoxy) is 1. The molecule has 0 unspecified atom stereocenters. The van der Waals surface area contributed by atoms with Gasteiger partial charge in [-0.25, -0.2) is 9.97 Å². The van der Waals surface area contributed by atoms with Gasteiger partial charge in [-0.15, -0.1) is 0 Å². The summed E-state index contributed by atoms with van der Waals surface area (Å²) >= 11 is 6.08. The third-order valence-electron chi connectivity index (χ3n) is 2.91. The predicted octanol–water partition coefficient (Wildman–Crippen LogP) is 3.63. The highest BCUT2D eigenvalue weighted by atomic mass is 35.5. The van der Waals surface area contributed by atoms with Gasteiger partial charge >= 0.3 is 0 Å². The van der Waals surface area contributed by atoms with E-state index in [0.717, 1.165) is 29.0 Å². The molecule has 1 aromatic carbocycles. The van der Waals surface area contributed by atoms with Gasteiger partial charge in [0.15, 0.2) is 0 Å². The minimum absolute atomic E-state index is 0.456. The van der Waals surface area contributed by atoms with Crippen LogP contribution < -0.4 is 10.5 Å². The second kappa shape index (κ2) is 5.89. The zero-order valence-corrected chi connectivity index (χ0v) is 11.7. The number of nitrogens with two attached hydrogens (primary N) is 1. The van der Waals surface area contributed by atoms with E-state index < -0.39 is 0 Å². The molecule has 0 saturated heterocycles. The summed E-state index contributed by atoms with van der Waals surface area (Å²) in [6, 6.07) is 5.56. The van der Waals surface area contributed by atoms with E-state index in [9.17, 15) is 0 Å². The highest BCUT2D eigenvalue weighted by Gasteiger charge is 2.10. The Kier molecular flexibility index (Phi) is 4.22. The van der Waals surface area contributed by atoms with E-state index in [1.807, 2.05) is 32.0 Å². The first-order chi connectivity index (χ1) is 9.15. The molecular formula is C14H16ClN3O. The van der Waals surface area contributed by atoms with E-state index in [1.165, 1.54) is 6.33 Å². The first-order valence-corrected chi connectivity index (χ1v) is 6.59. The molecule has 2 N–H and O–H groups in total. The van der Waals surface area contributed by atoms with Crippen molar-refractivity contribution in [2.45, 2.75) is 26.7 Å². The quantitative estimate of drug-likeness (QED) is 0.927. The van der Waals surface area contributed by atoms with Crippen molar-refractivity contribution in [1.29, 1.82) is 0 Å². The van der Waals surface area contributed by atoms with E-state index in [0.29, 0.717) is 17.4 Å². The van der Waals surface area contributed by atoms with Crippen LogP contribution in [0.2, 0.25) is 5.02 Å². The van der Waals surface area contributed by atoms with E-state index in [-0.39, 0.29) is 0 Å². The number of rotatable bonds is 4. The number of aromatic nitrogens is 2. The molecule has 100 valence electrons. The van der Waals surface area contributed by atoms with Crippen LogP contribution in [0.25, 0.3) is 0 Å². The second-order valence-electron chi connectivity index (χ2n) is 4.11. The van der Waals surface area contributed by atoms with Crippen LogP contribution in [-0.4, -0.2) is 9.97 Å². The van der Waals surface area contributed by atoms with Gasteiger partial charge in [-0.3, -0.25) is 0 Å². The number of hydrogen-bond donors (Lipinski definition) is 1. The Labute approximate surface area is 117 Å². The maximum atomic E-state index is 6.08. The van der Waals surface area contributed by atoms with E-state index in [2.05, 4.69) is 9.97 Å². The summed E-state index contributed by atoms with van der Waals surface area (Å²) < 4.78 is 5.79. The Hall–Kier alpha value is -1.81. The standard InChI is InChI=1S/C14H16ClN3O/c1-3-9-7-10(5-6-12(9)15)19-14-11(4-2)13(16)17-8-18-14/h5-8H,3-4H2,1-2H3,(H2,16,17,18). The van der Waals surface area contributed by atoms with E-state index >= 15 is 0 Å². The van der Waals surface area contributed by atoms with Gasteiger partial charge in [-0.05, 0) is 36.6 Å². The van der Waals surface area contributed by atoms with Gasteiger partial charge in [0, 0.05) is 5.02 Å². The van der Waals surface area contributed by atoms with Crippen LogP contribution in [0.5, 0.6) is 11.6 Å². The Bertz CT molecular complexity index is 587. The van der Waals surface area contributed by atoms with Gasteiger partial charge in [-0.1, -0.05) is 25.4 Å². The van der Waals surface area contributed by atoms with Crippen molar-refractivity contribution < 1.29 is 4.74 Å². The lowest BCUT2D eigenvalue weighted by Gasteiger charge is -2.11. The highest BCUT2D eigenvalue weighted by Crippen LogP contribution is 2.29. The van der Waals surface area contributed by atoms with Crippen molar-refractivity contribution in [3.05, 3.63) is 40.7 Å². The zero-order chi connectivity index (χ0) is 13.8. The molecule has 2 rings (SSSR count). The fourth-order valence-electron chi connectivity index (χ4n) is 1.83.